The fourth-order valence-electron chi connectivity index (χ4n) is 1.55. The Bertz CT molecular complexity index is 676. The van der Waals surface area contributed by atoms with Gasteiger partial charge in [-0.25, -0.2) is 38.4 Å². The van der Waals surface area contributed by atoms with Crippen molar-refractivity contribution in [3.63, 3.8) is 0 Å². The van der Waals surface area contributed by atoms with Gasteiger partial charge in [0.05, 0.1) is 0 Å². The Hall–Kier alpha value is 0.937. The van der Waals surface area contributed by atoms with E-state index < -0.39 is 169 Å². The second-order valence-electron chi connectivity index (χ2n) is 5.37. The van der Waals surface area contributed by atoms with E-state index in [1.165, 1.54) is 0 Å². The molecule has 248 valence electrons. The van der Waals surface area contributed by atoms with Gasteiger partial charge in [-0.15, -0.1) is 0 Å². The second kappa shape index (κ2) is 40.1. The zero-order valence-corrected chi connectivity index (χ0v) is 33.5. The van der Waals surface area contributed by atoms with Crippen molar-refractivity contribution >= 4 is 122 Å². The van der Waals surface area contributed by atoms with Gasteiger partial charge in [0.15, 0.2) is 0 Å². The van der Waals surface area contributed by atoms with E-state index in [-0.39, 0.29) is 0 Å². The van der Waals surface area contributed by atoms with Gasteiger partial charge in [0.1, 0.15) is 52.9 Å². The third-order valence-electron chi connectivity index (χ3n) is 2.87. The van der Waals surface area contributed by atoms with Gasteiger partial charge in [-0.3, -0.25) is 0 Å². The molecule has 1 fully saturated rings. The van der Waals surface area contributed by atoms with Gasteiger partial charge < -0.3 is 37.9 Å². The zero-order valence-electron chi connectivity index (χ0n) is 21.2. The second-order valence-corrected chi connectivity index (χ2v) is 15.7. The van der Waals surface area contributed by atoms with Crippen molar-refractivity contribution in [2.75, 3.05) is 52.9 Å². The van der Waals surface area contributed by atoms with Crippen molar-refractivity contribution in [3.05, 3.63) is 0 Å². The molecule has 1 heterocycles. The van der Waals surface area contributed by atoms with Crippen LogP contribution in [0.15, 0.2) is 0 Å². The normalized spacial score (nSPS) is 15.5. The average molecular weight is 939 g/mol. The Kier molecular flexibility index (Phi) is 47.2. The molecule has 1 aliphatic heterocycles. The molecule has 0 atom stereocenters. The average Bonchev–Trinajstić information content (AvgIpc) is 2.98. The van der Waals surface area contributed by atoms with Crippen LogP contribution in [0, 0.1) is 0 Å². The molecule has 0 bridgehead atoms. The van der Waals surface area contributed by atoms with Crippen molar-refractivity contribution in [3.8, 4) is 0 Å². The van der Waals surface area contributed by atoms with Gasteiger partial charge in [-0.05, 0) is 0 Å². The minimum atomic E-state index is -1.47. The monoisotopic (exact) mass is 936 g/mol. The molecule has 0 amide bonds. The van der Waals surface area contributed by atoms with Gasteiger partial charge in [-0.1, -0.05) is 0 Å². The molecule has 0 aliphatic carbocycles. The predicted octanol–water partition coefficient (Wildman–Crippen LogP) is 1.85. The number of esters is 8. The first-order valence-electron chi connectivity index (χ1n) is 10.1. The molecule has 1 saturated heterocycles. The molecule has 28 heteroatoms. The van der Waals surface area contributed by atoms with Crippen LogP contribution in [0.4, 0.5) is 0 Å². The molecular formula is C16H16Cl8O16Ti4. The van der Waals surface area contributed by atoms with Crippen LogP contribution in [-0.4, -0.2) is 101 Å². The summed E-state index contributed by atoms with van der Waals surface area (Å²) in [7, 11) is 39.1. The van der Waals surface area contributed by atoms with E-state index in [9.17, 15) is 38.4 Å². The third kappa shape index (κ3) is 37.4. The van der Waals surface area contributed by atoms with Crippen LogP contribution in [0.25, 0.3) is 0 Å². The van der Waals surface area contributed by atoms with Crippen LogP contribution in [0.2, 0.25) is 0 Å². The molecular weight excluding hydrogens is 923 g/mol. The molecule has 0 radical (unpaired) electrons. The SMILES string of the molecule is O=C1OCCOC(=O)C(=O)OCCOC(=O)C(=O)OCCOC(=O)C(=O)OCCOC1=O.[Cl][Ti][Cl].[Cl][Ti][Cl].[Cl][Ti][Cl].[Cl][Ti][Cl]. The van der Waals surface area contributed by atoms with Crippen molar-refractivity contribution in [1.82, 2.24) is 0 Å². The van der Waals surface area contributed by atoms with Crippen molar-refractivity contribution in [1.29, 1.82) is 0 Å². The molecule has 44 heavy (non-hydrogen) atoms. The summed E-state index contributed by atoms with van der Waals surface area (Å²) in [6.07, 6.45) is 0. The standard InChI is InChI=1S/C16H16O16.8ClH.4Ti/c17-9-10(18)27-3-4-29-13(21)14(22)31-7-8-32-16(24)15(23)30-6-5-28-12(20)11(19)26-2-1-25-9;;;;;;;;;;;;/h1-8H2;8*1H;;;;/q;;;;;;;;;4*+2/p-8. The first kappa shape index (κ1) is 51.8. The summed E-state index contributed by atoms with van der Waals surface area (Å²) in [5.74, 6) is -11.8. The number of carbonyl (C=O) groups is 8. The quantitative estimate of drug-likeness (QED) is 0.147. The predicted molar refractivity (Wildman–Crippen MR) is 134 cm³/mol. The van der Waals surface area contributed by atoms with Crippen molar-refractivity contribution in [2.24, 2.45) is 0 Å². The van der Waals surface area contributed by atoms with Gasteiger partial charge in [-0.2, -0.15) is 0 Å². The molecule has 1 rings (SSSR count). The Morgan fingerprint density at radius 1 is 0.273 bits per heavy atom. The number of carbonyl (C=O) groups excluding carboxylic acids is 8. The first-order chi connectivity index (χ1) is 20.9. The molecule has 0 aromatic heterocycles. The maximum absolute atomic E-state index is 11.3. The van der Waals surface area contributed by atoms with Gasteiger partial charge in [0.25, 0.3) is 0 Å². The summed E-state index contributed by atoms with van der Waals surface area (Å²) in [6.45, 7) is -4.94. The fraction of sp³-hybridized carbons (Fsp3) is 0.500. The molecule has 0 aromatic rings. The van der Waals surface area contributed by atoms with Gasteiger partial charge in [0.2, 0.25) is 0 Å². The molecule has 0 unspecified atom stereocenters. The molecule has 16 nitrogen and oxygen atoms in total. The summed E-state index contributed by atoms with van der Waals surface area (Å²) in [5.41, 5.74) is 0. The van der Waals surface area contributed by atoms with E-state index in [0.717, 1.165) is 0 Å². The number of hydrogen-bond donors (Lipinski definition) is 0. The number of ether oxygens (including phenoxy) is 8. The van der Waals surface area contributed by atoms with Gasteiger partial charge in [0, 0.05) is 0 Å². The summed E-state index contributed by atoms with van der Waals surface area (Å²) in [5, 5.41) is 0. The summed E-state index contributed by atoms with van der Waals surface area (Å²) in [6, 6.07) is 0. The Morgan fingerprint density at radius 3 is 0.409 bits per heavy atom. The van der Waals surface area contributed by atoms with E-state index in [4.69, 9.17) is 74.4 Å². The number of hydrogen-bond acceptors (Lipinski definition) is 16. The van der Waals surface area contributed by atoms with Crippen LogP contribution in [-0.2, 0) is 144 Å². The van der Waals surface area contributed by atoms with Crippen LogP contribution in [0.5, 0.6) is 0 Å². The van der Waals surface area contributed by atoms with E-state index in [0.29, 0.717) is 0 Å². The van der Waals surface area contributed by atoms with E-state index in [2.05, 4.69) is 37.9 Å². The Morgan fingerprint density at radius 2 is 0.341 bits per heavy atom. The third-order valence-corrected chi connectivity index (χ3v) is 2.87. The Balaban J connectivity index is -0.000000572. The maximum atomic E-state index is 11.3. The van der Waals surface area contributed by atoms with Crippen LogP contribution < -0.4 is 0 Å². The fourth-order valence-corrected chi connectivity index (χ4v) is 1.55. The van der Waals surface area contributed by atoms with Crippen LogP contribution in [0.3, 0.4) is 0 Å². The van der Waals surface area contributed by atoms with Crippen LogP contribution in [0.1, 0.15) is 0 Å². The topological polar surface area (TPSA) is 210 Å². The van der Waals surface area contributed by atoms with Crippen molar-refractivity contribution < 1.29 is 144 Å². The minimum absolute atomic E-state index is 0.556. The molecule has 0 N–H and O–H groups in total. The Labute approximate surface area is 315 Å². The van der Waals surface area contributed by atoms with E-state index >= 15 is 0 Å². The van der Waals surface area contributed by atoms with E-state index in [1.54, 1.807) is 0 Å². The first-order valence-corrected chi connectivity index (χ1v) is 27.3. The molecule has 0 saturated carbocycles. The number of rotatable bonds is 0. The van der Waals surface area contributed by atoms with Crippen molar-refractivity contribution in [2.45, 2.75) is 0 Å². The summed E-state index contributed by atoms with van der Waals surface area (Å²) in [4.78, 5) is 90.8. The number of cyclic esters (lactones) is 8. The number of halogens is 8. The summed E-state index contributed by atoms with van der Waals surface area (Å²) < 4.78 is 35.3. The zero-order chi connectivity index (χ0) is 34.8. The van der Waals surface area contributed by atoms with Crippen LogP contribution >= 0.6 is 74.4 Å². The van der Waals surface area contributed by atoms with Gasteiger partial charge >= 0.3 is 190 Å². The molecule has 0 aromatic carbocycles. The molecule has 1 aliphatic rings. The summed E-state index contributed by atoms with van der Waals surface area (Å²) >= 11 is -2.22. The molecule has 0 spiro atoms. The van der Waals surface area contributed by atoms with E-state index in [1.807, 2.05) is 0 Å².